The van der Waals surface area contributed by atoms with E-state index in [1.165, 1.54) is 23.5 Å². The maximum Gasteiger partial charge on any atom is 0.270 e. The van der Waals surface area contributed by atoms with E-state index in [9.17, 15) is 10.1 Å². The molecule has 0 saturated heterocycles. The molecule has 3 aromatic rings. The minimum atomic E-state index is -0.421. The number of nitro benzene ring substituents is 1. The quantitative estimate of drug-likeness (QED) is 0.375. The predicted molar refractivity (Wildman–Crippen MR) is 103 cm³/mol. The molecule has 1 N–H and O–H groups in total. The maximum atomic E-state index is 10.9. The van der Waals surface area contributed by atoms with E-state index < -0.39 is 4.92 Å². The van der Waals surface area contributed by atoms with Crippen molar-refractivity contribution in [1.82, 2.24) is 4.98 Å². The smallest absolute Gasteiger partial charge is 0.270 e. The Kier molecular flexibility index (Phi) is 5.55. The number of hydrogen-bond donors (Lipinski definition) is 1. The van der Waals surface area contributed by atoms with E-state index in [1.807, 2.05) is 36.6 Å². The third-order valence-corrected chi connectivity index (χ3v) is 4.19. The molecule has 2 aromatic carbocycles. The fraction of sp³-hybridized carbons (Fsp3) is 0.111. The van der Waals surface area contributed by atoms with Gasteiger partial charge in [-0.1, -0.05) is 24.3 Å². The lowest BCUT2D eigenvalue weighted by atomic mass is 10.1. The fourth-order valence-corrected chi connectivity index (χ4v) is 2.94. The number of nitrogens with zero attached hydrogens (tertiary/aromatic N) is 3. The van der Waals surface area contributed by atoms with E-state index in [0.717, 1.165) is 11.3 Å². The van der Waals surface area contributed by atoms with Crippen LogP contribution < -0.4 is 10.2 Å². The van der Waals surface area contributed by atoms with Gasteiger partial charge < -0.3 is 4.74 Å². The Bertz CT molecular complexity index is 939. The molecule has 0 bridgehead atoms. The number of nitro groups is 1. The standard InChI is InChI=1S/C18H16N4O3S/c1-2-25-17-9-4-3-6-14(17)11-19-21-18-20-16(12-26-18)13-7-5-8-15(10-13)22(23)24/h3-12H,2H2,1H3,(H,20,21)/b19-11+. The van der Waals surface area contributed by atoms with Crippen molar-refractivity contribution in [3.05, 3.63) is 69.6 Å². The van der Waals surface area contributed by atoms with Crippen LogP contribution in [0.3, 0.4) is 0 Å². The van der Waals surface area contributed by atoms with E-state index >= 15 is 0 Å². The second-order valence-corrected chi connectivity index (χ2v) is 6.04. The number of non-ortho nitro benzene ring substituents is 1. The topological polar surface area (TPSA) is 89.7 Å². The summed E-state index contributed by atoms with van der Waals surface area (Å²) in [5.74, 6) is 0.761. The van der Waals surface area contributed by atoms with Crippen molar-refractivity contribution < 1.29 is 9.66 Å². The van der Waals surface area contributed by atoms with Crippen LogP contribution in [0.15, 0.2) is 59.0 Å². The molecule has 8 heteroatoms. The molecule has 3 rings (SSSR count). The highest BCUT2D eigenvalue weighted by atomic mass is 32.1. The Labute approximate surface area is 154 Å². The lowest BCUT2D eigenvalue weighted by molar-refractivity contribution is -0.384. The third-order valence-electron chi connectivity index (χ3n) is 3.44. The number of hydrogen-bond acceptors (Lipinski definition) is 7. The molecule has 0 radical (unpaired) electrons. The summed E-state index contributed by atoms with van der Waals surface area (Å²) in [6, 6.07) is 14.0. The first-order valence-electron chi connectivity index (χ1n) is 7.88. The van der Waals surface area contributed by atoms with Crippen LogP contribution in [0.2, 0.25) is 0 Å². The molecule has 0 spiro atoms. The van der Waals surface area contributed by atoms with Crippen molar-refractivity contribution in [3.63, 3.8) is 0 Å². The molecular weight excluding hydrogens is 352 g/mol. The zero-order valence-electron chi connectivity index (χ0n) is 14.0. The van der Waals surface area contributed by atoms with Gasteiger partial charge in [0.1, 0.15) is 5.75 Å². The summed E-state index contributed by atoms with van der Waals surface area (Å²) in [7, 11) is 0. The third kappa shape index (κ3) is 4.22. The largest absolute Gasteiger partial charge is 0.493 e. The van der Waals surface area contributed by atoms with Gasteiger partial charge in [-0.15, -0.1) is 11.3 Å². The summed E-state index contributed by atoms with van der Waals surface area (Å²) < 4.78 is 5.55. The first-order valence-corrected chi connectivity index (χ1v) is 8.76. The van der Waals surface area contributed by atoms with Gasteiger partial charge >= 0.3 is 0 Å². The molecule has 0 amide bonds. The molecule has 7 nitrogen and oxygen atoms in total. The minimum absolute atomic E-state index is 0.0376. The lowest BCUT2D eigenvalue weighted by Crippen LogP contribution is -1.97. The summed E-state index contributed by atoms with van der Waals surface area (Å²) in [5, 5.41) is 17.5. The number of nitrogens with one attached hydrogen (secondary N) is 1. The number of rotatable bonds is 7. The van der Waals surface area contributed by atoms with Crippen LogP contribution >= 0.6 is 11.3 Å². The van der Waals surface area contributed by atoms with Crippen molar-refractivity contribution >= 4 is 28.4 Å². The van der Waals surface area contributed by atoms with Gasteiger partial charge in [-0.25, -0.2) is 4.98 Å². The van der Waals surface area contributed by atoms with Gasteiger partial charge in [0.05, 0.1) is 23.4 Å². The number of thiazole rings is 1. The molecule has 0 unspecified atom stereocenters. The summed E-state index contributed by atoms with van der Waals surface area (Å²) in [5.41, 5.74) is 5.12. The Morgan fingerprint density at radius 3 is 2.96 bits per heavy atom. The number of hydrazone groups is 1. The monoisotopic (exact) mass is 368 g/mol. The molecule has 0 saturated carbocycles. The van der Waals surface area contributed by atoms with E-state index in [0.29, 0.717) is 23.0 Å². The molecule has 0 aliphatic heterocycles. The Morgan fingerprint density at radius 1 is 1.31 bits per heavy atom. The number of anilines is 1. The fourth-order valence-electron chi connectivity index (χ4n) is 2.27. The van der Waals surface area contributed by atoms with Crippen LogP contribution in [0, 0.1) is 10.1 Å². The molecule has 0 fully saturated rings. The number of para-hydroxylation sites is 1. The van der Waals surface area contributed by atoms with Gasteiger partial charge in [0, 0.05) is 28.6 Å². The first kappa shape index (κ1) is 17.6. The second-order valence-electron chi connectivity index (χ2n) is 5.19. The molecule has 132 valence electrons. The van der Waals surface area contributed by atoms with E-state index in [4.69, 9.17) is 4.74 Å². The molecule has 0 aliphatic carbocycles. The van der Waals surface area contributed by atoms with Crippen molar-refractivity contribution in [2.75, 3.05) is 12.0 Å². The zero-order valence-corrected chi connectivity index (χ0v) is 14.8. The summed E-state index contributed by atoms with van der Waals surface area (Å²) in [6.07, 6.45) is 1.67. The summed E-state index contributed by atoms with van der Waals surface area (Å²) >= 11 is 1.37. The highest BCUT2D eigenvalue weighted by molar-refractivity contribution is 7.14. The van der Waals surface area contributed by atoms with E-state index in [-0.39, 0.29) is 5.69 Å². The van der Waals surface area contributed by atoms with Gasteiger partial charge in [-0.05, 0) is 19.1 Å². The molecular formula is C18H16N4O3S. The normalized spacial score (nSPS) is 10.8. The van der Waals surface area contributed by atoms with Crippen molar-refractivity contribution in [2.45, 2.75) is 6.92 Å². The Balaban J connectivity index is 1.71. The van der Waals surface area contributed by atoms with Crippen molar-refractivity contribution in [2.24, 2.45) is 5.10 Å². The van der Waals surface area contributed by atoms with Gasteiger partial charge in [0.15, 0.2) is 0 Å². The SMILES string of the molecule is CCOc1ccccc1/C=N/Nc1nc(-c2cccc([N+](=O)[O-])c2)cs1. The van der Waals surface area contributed by atoms with E-state index in [1.54, 1.807) is 18.3 Å². The lowest BCUT2D eigenvalue weighted by Gasteiger charge is -2.05. The molecule has 26 heavy (non-hydrogen) atoms. The highest BCUT2D eigenvalue weighted by Crippen LogP contribution is 2.27. The van der Waals surface area contributed by atoms with Gasteiger partial charge in [-0.3, -0.25) is 15.5 Å². The molecule has 0 aliphatic rings. The number of benzene rings is 2. The van der Waals surface area contributed by atoms with Gasteiger partial charge in [0.25, 0.3) is 5.69 Å². The molecule has 1 heterocycles. The van der Waals surface area contributed by atoms with Crippen LogP contribution in [0.1, 0.15) is 12.5 Å². The maximum absolute atomic E-state index is 10.9. The second kappa shape index (κ2) is 8.21. The Morgan fingerprint density at radius 2 is 2.15 bits per heavy atom. The van der Waals surface area contributed by atoms with Gasteiger partial charge in [0.2, 0.25) is 5.13 Å². The Hall–Kier alpha value is -3.26. The predicted octanol–water partition coefficient (Wildman–Crippen LogP) is 4.56. The van der Waals surface area contributed by atoms with E-state index in [2.05, 4.69) is 15.5 Å². The highest BCUT2D eigenvalue weighted by Gasteiger charge is 2.09. The summed E-state index contributed by atoms with van der Waals surface area (Å²) in [6.45, 7) is 2.51. The molecule has 0 atom stereocenters. The van der Waals surface area contributed by atoms with Crippen LogP contribution in [0.5, 0.6) is 5.75 Å². The van der Waals surface area contributed by atoms with Crippen LogP contribution in [-0.2, 0) is 0 Å². The summed E-state index contributed by atoms with van der Waals surface area (Å²) in [4.78, 5) is 14.9. The zero-order chi connectivity index (χ0) is 18.4. The first-order chi connectivity index (χ1) is 12.7. The van der Waals surface area contributed by atoms with Crippen molar-refractivity contribution in [3.8, 4) is 17.0 Å². The van der Waals surface area contributed by atoms with Crippen molar-refractivity contribution in [1.29, 1.82) is 0 Å². The number of aromatic nitrogens is 1. The average molecular weight is 368 g/mol. The van der Waals surface area contributed by atoms with Crippen LogP contribution in [-0.4, -0.2) is 22.7 Å². The van der Waals surface area contributed by atoms with Gasteiger partial charge in [-0.2, -0.15) is 5.10 Å². The average Bonchev–Trinajstić information content (AvgIpc) is 3.12. The minimum Gasteiger partial charge on any atom is -0.493 e. The van der Waals surface area contributed by atoms with Crippen LogP contribution in [0.25, 0.3) is 11.3 Å². The van der Waals surface area contributed by atoms with Crippen LogP contribution in [0.4, 0.5) is 10.8 Å². The molecule has 1 aromatic heterocycles. The number of ether oxygens (including phenoxy) is 1.